The van der Waals surface area contributed by atoms with Crippen LogP contribution in [0, 0.1) is 5.41 Å². The van der Waals surface area contributed by atoms with E-state index in [2.05, 4.69) is 0 Å². The maximum absolute atomic E-state index is 11.1. The van der Waals surface area contributed by atoms with Crippen molar-refractivity contribution in [3.8, 4) is 0 Å². The van der Waals surface area contributed by atoms with E-state index in [9.17, 15) is 4.79 Å². The Kier molecular flexibility index (Phi) is 7.37. The third-order valence-electron chi connectivity index (χ3n) is 0.963. The Balaban J connectivity index is 0. The summed E-state index contributed by atoms with van der Waals surface area (Å²) in [5.74, 6) is 0.732. The average molecular weight is 198 g/mol. The SMILES string of the molecule is CC(C)(C)C(=O)SCCN.Cl. The van der Waals surface area contributed by atoms with E-state index in [-0.39, 0.29) is 22.9 Å². The van der Waals surface area contributed by atoms with Crippen LogP contribution in [-0.4, -0.2) is 17.4 Å². The summed E-state index contributed by atoms with van der Waals surface area (Å²) in [6.07, 6.45) is 0. The van der Waals surface area contributed by atoms with Gasteiger partial charge in [-0.2, -0.15) is 0 Å². The second-order valence-electron chi connectivity index (χ2n) is 3.17. The van der Waals surface area contributed by atoms with Gasteiger partial charge in [-0.25, -0.2) is 0 Å². The molecule has 0 heterocycles. The summed E-state index contributed by atoms with van der Waals surface area (Å²) in [5.41, 5.74) is 5.02. The zero-order valence-corrected chi connectivity index (χ0v) is 8.85. The Morgan fingerprint density at radius 1 is 1.45 bits per heavy atom. The first-order valence-corrected chi connectivity index (χ1v) is 4.34. The molecular formula is C7H16ClNOS. The van der Waals surface area contributed by atoms with E-state index >= 15 is 0 Å². The molecule has 0 bridgehead atoms. The number of hydrogen-bond donors (Lipinski definition) is 1. The highest BCUT2D eigenvalue weighted by molar-refractivity contribution is 8.13. The molecule has 4 heteroatoms. The van der Waals surface area contributed by atoms with Gasteiger partial charge in [0.1, 0.15) is 0 Å². The summed E-state index contributed by atoms with van der Waals surface area (Å²) >= 11 is 1.32. The van der Waals surface area contributed by atoms with Crippen molar-refractivity contribution < 1.29 is 4.79 Å². The van der Waals surface area contributed by atoms with E-state index in [0.717, 1.165) is 5.75 Å². The molecule has 0 rings (SSSR count). The number of nitrogens with two attached hydrogens (primary N) is 1. The van der Waals surface area contributed by atoms with E-state index in [4.69, 9.17) is 5.73 Å². The molecule has 0 atom stereocenters. The summed E-state index contributed by atoms with van der Waals surface area (Å²) in [6, 6.07) is 0. The zero-order chi connectivity index (χ0) is 8.20. The second kappa shape index (κ2) is 5.86. The molecule has 0 spiro atoms. The number of hydrogen-bond acceptors (Lipinski definition) is 3. The van der Waals surface area contributed by atoms with Crippen molar-refractivity contribution in [2.24, 2.45) is 11.1 Å². The van der Waals surface area contributed by atoms with E-state index in [1.807, 2.05) is 20.8 Å². The van der Waals surface area contributed by atoms with Crippen LogP contribution in [0.1, 0.15) is 20.8 Å². The summed E-state index contributed by atoms with van der Waals surface area (Å²) < 4.78 is 0. The Labute approximate surface area is 78.7 Å². The van der Waals surface area contributed by atoms with E-state index in [0.29, 0.717) is 6.54 Å². The molecule has 11 heavy (non-hydrogen) atoms. The fourth-order valence-corrected chi connectivity index (χ4v) is 1.10. The van der Waals surface area contributed by atoms with Gasteiger partial charge in [0.2, 0.25) is 0 Å². The maximum atomic E-state index is 11.1. The molecule has 2 N–H and O–H groups in total. The van der Waals surface area contributed by atoms with Crippen LogP contribution in [0.5, 0.6) is 0 Å². The summed E-state index contributed by atoms with van der Waals surface area (Å²) in [7, 11) is 0. The Hall–Kier alpha value is 0.270. The van der Waals surface area contributed by atoms with Crippen LogP contribution in [0.25, 0.3) is 0 Å². The van der Waals surface area contributed by atoms with Crippen molar-refractivity contribution in [1.82, 2.24) is 0 Å². The molecular weight excluding hydrogens is 182 g/mol. The zero-order valence-electron chi connectivity index (χ0n) is 7.22. The van der Waals surface area contributed by atoms with Gasteiger partial charge >= 0.3 is 0 Å². The van der Waals surface area contributed by atoms with Crippen molar-refractivity contribution in [1.29, 1.82) is 0 Å². The largest absolute Gasteiger partial charge is 0.330 e. The molecule has 0 aliphatic rings. The average Bonchev–Trinajstić information content (AvgIpc) is 1.80. The summed E-state index contributed by atoms with van der Waals surface area (Å²) in [4.78, 5) is 11.1. The number of carbonyl (C=O) groups is 1. The first-order valence-electron chi connectivity index (χ1n) is 3.36. The molecule has 0 amide bonds. The fraction of sp³-hybridized carbons (Fsp3) is 0.857. The van der Waals surface area contributed by atoms with Gasteiger partial charge in [0.25, 0.3) is 0 Å². The van der Waals surface area contributed by atoms with E-state index in [1.165, 1.54) is 11.8 Å². The van der Waals surface area contributed by atoms with Gasteiger partial charge in [-0.05, 0) is 0 Å². The highest BCUT2D eigenvalue weighted by Gasteiger charge is 2.20. The molecule has 68 valence electrons. The predicted molar refractivity (Wildman–Crippen MR) is 53.2 cm³/mol. The van der Waals surface area contributed by atoms with Gasteiger partial charge in [0, 0.05) is 17.7 Å². The van der Waals surface area contributed by atoms with E-state index < -0.39 is 0 Å². The normalized spacial score (nSPS) is 10.5. The minimum Gasteiger partial charge on any atom is -0.330 e. The Morgan fingerprint density at radius 2 is 1.91 bits per heavy atom. The standard InChI is InChI=1S/C7H15NOS.ClH/c1-7(2,3)6(9)10-5-4-8;/h4-5,8H2,1-3H3;1H. The van der Waals surface area contributed by atoms with Crippen LogP contribution < -0.4 is 5.73 Å². The summed E-state index contributed by atoms with van der Waals surface area (Å²) in [6.45, 7) is 6.32. The molecule has 0 saturated carbocycles. The van der Waals surface area contributed by atoms with Crippen LogP contribution in [0.4, 0.5) is 0 Å². The van der Waals surface area contributed by atoms with Gasteiger partial charge in [-0.15, -0.1) is 12.4 Å². The molecule has 0 aromatic rings. The third kappa shape index (κ3) is 6.66. The first kappa shape index (κ1) is 13.8. The molecule has 0 aromatic carbocycles. The van der Waals surface area contributed by atoms with Crippen LogP contribution in [-0.2, 0) is 4.79 Å². The number of halogens is 1. The monoisotopic (exact) mass is 197 g/mol. The number of rotatable bonds is 2. The van der Waals surface area contributed by atoms with Gasteiger partial charge in [-0.1, -0.05) is 32.5 Å². The lowest BCUT2D eigenvalue weighted by molar-refractivity contribution is -0.117. The Bertz CT molecular complexity index is 122. The molecule has 0 unspecified atom stereocenters. The lowest BCUT2D eigenvalue weighted by Crippen LogP contribution is -2.18. The Morgan fingerprint density at radius 3 is 2.18 bits per heavy atom. The minimum absolute atomic E-state index is 0. The molecule has 0 saturated heterocycles. The smallest absolute Gasteiger partial charge is 0.194 e. The van der Waals surface area contributed by atoms with Crippen LogP contribution in [0.2, 0.25) is 0 Å². The molecule has 0 fully saturated rings. The minimum atomic E-state index is -0.222. The van der Waals surface area contributed by atoms with E-state index in [1.54, 1.807) is 0 Å². The van der Waals surface area contributed by atoms with Crippen molar-refractivity contribution >= 4 is 29.3 Å². The quantitative estimate of drug-likeness (QED) is 0.733. The van der Waals surface area contributed by atoms with Crippen molar-refractivity contribution in [2.45, 2.75) is 20.8 Å². The van der Waals surface area contributed by atoms with Crippen LogP contribution in [0.3, 0.4) is 0 Å². The predicted octanol–water partition coefficient (Wildman–Crippen LogP) is 1.67. The number of thioether (sulfide) groups is 1. The highest BCUT2D eigenvalue weighted by atomic mass is 35.5. The maximum Gasteiger partial charge on any atom is 0.194 e. The van der Waals surface area contributed by atoms with Crippen LogP contribution >= 0.6 is 24.2 Å². The topological polar surface area (TPSA) is 43.1 Å². The molecule has 0 aliphatic carbocycles. The lowest BCUT2D eigenvalue weighted by Gasteiger charge is -2.14. The van der Waals surface area contributed by atoms with Crippen molar-refractivity contribution in [3.05, 3.63) is 0 Å². The first-order chi connectivity index (χ1) is 4.48. The molecule has 2 nitrogen and oxygen atoms in total. The van der Waals surface area contributed by atoms with Crippen LogP contribution in [0.15, 0.2) is 0 Å². The number of carbonyl (C=O) groups excluding carboxylic acids is 1. The molecule has 0 aliphatic heterocycles. The highest BCUT2D eigenvalue weighted by Crippen LogP contribution is 2.21. The van der Waals surface area contributed by atoms with Crippen molar-refractivity contribution in [2.75, 3.05) is 12.3 Å². The molecule has 0 aromatic heterocycles. The van der Waals surface area contributed by atoms with Crippen molar-refractivity contribution in [3.63, 3.8) is 0 Å². The summed E-state index contributed by atoms with van der Waals surface area (Å²) in [5, 5.41) is 0.220. The lowest BCUT2D eigenvalue weighted by atomic mass is 10.00. The third-order valence-corrected chi connectivity index (χ3v) is 2.28. The van der Waals surface area contributed by atoms with Gasteiger partial charge < -0.3 is 5.73 Å². The fourth-order valence-electron chi connectivity index (χ4n) is 0.368. The second-order valence-corrected chi connectivity index (χ2v) is 4.24. The van der Waals surface area contributed by atoms with Gasteiger partial charge in [-0.3, -0.25) is 4.79 Å². The molecule has 0 radical (unpaired) electrons. The van der Waals surface area contributed by atoms with Gasteiger partial charge in [0.05, 0.1) is 0 Å². The van der Waals surface area contributed by atoms with Gasteiger partial charge in [0.15, 0.2) is 5.12 Å².